The van der Waals surface area contributed by atoms with Crippen molar-refractivity contribution >= 4 is 5.91 Å². The third kappa shape index (κ3) is 5.49. The van der Waals surface area contributed by atoms with E-state index in [1.807, 2.05) is 0 Å². The molecule has 2 aromatic rings. The number of nitrogens with zero attached hydrogens (tertiary/aromatic N) is 2. The molecular weight excluding hydrogens is 337 g/mol. The second-order valence-electron chi connectivity index (χ2n) is 5.40. The van der Waals surface area contributed by atoms with E-state index in [9.17, 15) is 18.0 Å². The number of hydrogen-bond donors (Lipinski definition) is 2. The fourth-order valence-corrected chi connectivity index (χ4v) is 2.27. The molecule has 0 saturated heterocycles. The topological polar surface area (TPSA) is 68.2 Å². The molecular formula is C16H19F3N4O2. The van der Waals surface area contributed by atoms with Crippen molar-refractivity contribution in [3.8, 4) is 5.75 Å². The Bertz CT molecular complexity index is 715. The molecule has 1 amide bonds. The first-order valence-corrected chi connectivity index (χ1v) is 7.51. The van der Waals surface area contributed by atoms with E-state index >= 15 is 0 Å². The van der Waals surface area contributed by atoms with Crippen molar-refractivity contribution in [2.24, 2.45) is 7.05 Å². The van der Waals surface area contributed by atoms with Gasteiger partial charge in [0.1, 0.15) is 11.8 Å². The Morgan fingerprint density at radius 3 is 2.68 bits per heavy atom. The number of rotatable bonds is 7. The van der Waals surface area contributed by atoms with Gasteiger partial charge < -0.3 is 15.4 Å². The highest BCUT2D eigenvalue weighted by molar-refractivity contribution is 5.83. The summed E-state index contributed by atoms with van der Waals surface area (Å²) in [5.74, 6) is -0.233. The fraction of sp³-hybridized carbons (Fsp3) is 0.375. The van der Waals surface area contributed by atoms with Crippen LogP contribution < -0.4 is 15.4 Å². The van der Waals surface area contributed by atoms with Gasteiger partial charge in [0.2, 0.25) is 5.91 Å². The lowest BCUT2D eigenvalue weighted by atomic mass is 10.1. The molecule has 25 heavy (non-hydrogen) atoms. The van der Waals surface area contributed by atoms with Crippen molar-refractivity contribution in [3.05, 3.63) is 47.8 Å². The molecule has 0 aliphatic heterocycles. The van der Waals surface area contributed by atoms with Crippen molar-refractivity contribution in [1.29, 1.82) is 0 Å². The minimum Gasteiger partial charge on any atom is -0.484 e. The Labute approximate surface area is 143 Å². The molecule has 0 spiro atoms. The number of likely N-dealkylation sites (N-methyl/N-ethyl adjacent to an activating group) is 1. The summed E-state index contributed by atoms with van der Waals surface area (Å²) in [5, 5.41) is 9.60. The third-order valence-electron chi connectivity index (χ3n) is 3.43. The lowest BCUT2D eigenvalue weighted by Crippen LogP contribution is -2.35. The van der Waals surface area contributed by atoms with Gasteiger partial charge in [-0.1, -0.05) is 18.2 Å². The Balaban J connectivity index is 2.01. The number of amides is 1. The lowest BCUT2D eigenvalue weighted by Gasteiger charge is -2.16. The average Bonchev–Trinajstić information content (AvgIpc) is 2.98. The Morgan fingerprint density at radius 2 is 2.08 bits per heavy atom. The molecule has 6 nitrogen and oxygen atoms in total. The van der Waals surface area contributed by atoms with E-state index in [2.05, 4.69) is 15.7 Å². The maximum Gasteiger partial charge on any atom is 0.422 e. The highest BCUT2D eigenvalue weighted by Crippen LogP contribution is 2.22. The van der Waals surface area contributed by atoms with E-state index < -0.39 is 18.8 Å². The molecule has 0 saturated carbocycles. The van der Waals surface area contributed by atoms with Crippen LogP contribution in [0.2, 0.25) is 0 Å². The van der Waals surface area contributed by atoms with Crippen LogP contribution in [-0.4, -0.2) is 35.5 Å². The molecule has 0 fully saturated rings. The van der Waals surface area contributed by atoms with Gasteiger partial charge in [0, 0.05) is 30.9 Å². The molecule has 1 unspecified atom stereocenters. The van der Waals surface area contributed by atoms with Gasteiger partial charge in [-0.2, -0.15) is 18.3 Å². The van der Waals surface area contributed by atoms with Crippen LogP contribution in [0.3, 0.4) is 0 Å². The molecule has 9 heteroatoms. The molecule has 0 bridgehead atoms. The van der Waals surface area contributed by atoms with Crippen molar-refractivity contribution in [2.45, 2.75) is 18.8 Å². The predicted molar refractivity (Wildman–Crippen MR) is 84.8 cm³/mol. The first-order chi connectivity index (χ1) is 11.8. The number of para-hydroxylation sites is 1. The summed E-state index contributed by atoms with van der Waals surface area (Å²) in [7, 11) is 3.37. The Hall–Kier alpha value is -2.55. The highest BCUT2D eigenvalue weighted by Gasteiger charge is 2.29. The summed E-state index contributed by atoms with van der Waals surface area (Å²) in [6.07, 6.45) is -1.14. The van der Waals surface area contributed by atoms with Crippen molar-refractivity contribution in [1.82, 2.24) is 20.4 Å². The zero-order valence-electron chi connectivity index (χ0n) is 13.8. The van der Waals surface area contributed by atoms with E-state index in [-0.39, 0.29) is 18.2 Å². The molecule has 0 radical (unpaired) electrons. The largest absolute Gasteiger partial charge is 0.484 e. The lowest BCUT2D eigenvalue weighted by molar-refractivity contribution is -0.153. The monoisotopic (exact) mass is 356 g/mol. The summed E-state index contributed by atoms with van der Waals surface area (Å²) in [6, 6.07) is 5.66. The predicted octanol–water partition coefficient (Wildman–Crippen LogP) is 1.94. The van der Waals surface area contributed by atoms with Crippen LogP contribution in [0.5, 0.6) is 5.75 Å². The summed E-state index contributed by atoms with van der Waals surface area (Å²) < 4.78 is 43.3. The summed E-state index contributed by atoms with van der Waals surface area (Å²) in [4.78, 5) is 12.4. The first kappa shape index (κ1) is 18.8. The van der Waals surface area contributed by atoms with Crippen LogP contribution >= 0.6 is 0 Å². The van der Waals surface area contributed by atoms with Gasteiger partial charge in [0.25, 0.3) is 0 Å². The van der Waals surface area contributed by atoms with Crippen molar-refractivity contribution in [3.63, 3.8) is 0 Å². The van der Waals surface area contributed by atoms with Gasteiger partial charge in [-0.3, -0.25) is 9.48 Å². The van der Waals surface area contributed by atoms with Crippen molar-refractivity contribution < 1.29 is 22.7 Å². The number of aromatic nitrogens is 2. The number of alkyl halides is 3. The summed E-state index contributed by atoms with van der Waals surface area (Å²) in [6.45, 7) is -1.34. The Morgan fingerprint density at radius 1 is 1.36 bits per heavy atom. The van der Waals surface area contributed by atoms with Gasteiger partial charge >= 0.3 is 6.18 Å². The number of benzene rings is 1. The summed E-state index contributed by atoms with van der Waals surface area (Å²) >= 11 is 0. The molecule has 1 aromatic carbocycles. The van der Waals surface area contributed by atoms with E-state index in [1.54, 1.807) is 49.4 Å². The average molecular weight is 356 g/mol. The number of carbonyl (C=O) groups is 1. The number of aryl methyl sites for hydroxylation is 1. The third-order valence-corrected chi connectivity index (χ3v) is 3.43. The van der Waals surface area contributed by atoms with Gasteiger partial charge in [-0.05, 0) is 13.1 Å². The minimum absolute atomic E-state index is 0.0469. The number of halogens is 3. The number of hydrogen-bond acceptors (Lipinski definition) is 4. The maximum absolute atomic E-state index is 12.4. The number of nitrogens with one attached hydrogen (secondary N) is 2. The Kier molecular flexibility index (Phi) is 6.02. The second-order valence-corrected chi connectivity index (χ2v) is 5.40. The zero-order chi connectivity index (χ0) is 18.4. The van der Waals surface area contributed by atoms with E-state index in [0.29, 0.717) is 11.1 Å². The minimum atomic E-state index is -4.42. The van der Waals surface area contributed by atoms with Gasteiger partial charge in [-0.25, -0.2) is 0 Å². The highest BCUT2D eigenvalue weighted by atomic mass is 19.4. The van der Waals surface area contributed by atoms with E-state index in [0.717, 1.165) is 0 Å². The van der Waals surface area contributed by atoms with Crippen LogP contribution in [0.4, 0.5) is 13.2 Å². The molecule has 0 aliphatic carbocycles. The van der Waals surface area contributed by atoms with Crippen LogP contribution in [0.1, 0.15) is 17.2 Å². The first-order valence-electron chi connectivity index (χ1n) is 7.51. The van der Waals surface area contributed by atoms with Crippen molar-refractivity contribution in [2.75, 3.05) is 13.7 Å². The van der Waals surface area contributed by atoms with Crippen LogP contribution in [0.15, 0.2) is 36.7 Å². The molecule has 1 aromatic heterocycles. The molecule has 1 atom stereocenters. The number of ether oxygens (including phenoxy) is 1. The molecule has 2 rings (SSSR count). The van der Waals surface area contributed by atoms with Crippen LogP contribution in [0.25, 0.3) is 0 Å². The second kappa shape index (κ2) is 8.02. The molecule has 1 heterocycles. The van der Waals surface area contributed by atoms with Gasteiger partial charge in [-0.15, -0.1) is 0 Å². The van der Waals surface area contributed by atoms with E-state index in [4.69, 9.17) is 4.74 Å². The smallest absolute Gasteiger partial charge is 0.422 e. The normalized spacial score (nSPS) is 12.7. The molecule has 0 aliphatic rings. The fourth-order valence-electron chi connectivity index (χ4n) is 2.27. The van der Waals surface area contributed by atoms with Gasteiger partial charge in [0.15, 0.2) is 6.61 Å². The zero-order valence-corrected chi connectivity index (χ0v) is 13.8. The standard InChI is InChI=1S/C16H19F3N4O2/c1-20-14(12-8-22-23(2)9-12)15(24)21-7-11-5-3-4-6-13(11)25-10-16(17,18)19/h3-6,8-9,14,20H,7,10H2,1-2H3,(H,21,24). The quantitative estimate of drug-likeness (QED) is 0.796. The number of carbonyl (C=O) groups excluding carboxylic acids is 1. The molecule has 2 N–H and O–H groups in total. The molecule has 136 valence electrons. The van der Waals surface area contributed by atoms with E-state index in [1.165, 1.54) is 6.07 Å². The summed E-state index contributed by atoms with van der Waals surface area (Å²) in [5.41, 5.74) is 1.14. The van der Waals surface area contributed by atoms with Crippen LogP contribution in [0, 0.1) is 0 Å². The maximum atomic E-state index is 12.4. The van der Waals surface area contributed by atoms with Crippen LogP contribution in [-0.2, 0) is 18.4 Å². The SMILES string of the molecule is CNC(C(=O)NCc1ccccc1OCC(F)(F)F)c1cnn(C)c1. The van der Waals surface area contributed by atoms with Gasteiger partial charge in [0.05, 0.1) is 6.20 Å².